The molecule has 0 aliphatic carbocycles. The molecule has 0 spiro atoms. The minimum absolute atomic E-state index is 0.166. The second kappa shape index (κ2) is 10.4. The average Bonchev–Trinajstić information content (AvgIpc) is 2.56. The van der Waals surface area contributed by atoms with Crippen LogP contribution in [0.5, 0.6) is 0 Å². The number of aryl methyl sites for hydroxylation is 2. The molecular weight excluding hydrogens is 312 g/mol. The van der Waals surface area contributed by atoms with Crippen LogP contribution in [0.4, 0.5) is 0 Å². The van der Waals surface area contributed by atoms with Gasteiger partial charge in [0.25, 0.3) is 0 Å². The highest BCUT2D eigenvalue weighted by molar-refractivity contribution is 5.87. The third-order valence-corrected chi connectivity index (χ3v) is 3.45. The molecule has 0 heterocycles. The van der Waals surface area contributed by atoms with E-state index < -0.39 is 17.9 Å². The lowest BCUT2D eigenvalue weighted by molar-refractivity contribution is -0.142. The molecule has 7 heteroatoms. The summed E-state index contributed by atoms with van der Waals surface area (Å²) in [7, 11) is 1.45. The highest BCUT2D eigenvalue weighted by atomic mass is 16.5. The van der Waals surface area contributed by atoms with Gasteiger partial charge >= 0.3 is 5.97 Å². The molecule has 0 fully saturated rings. The predicted molar refractivity (Wildman–Crippen MR) is 88.6 cm³/mol. The first kappa shape index (κ1) is 19.6. The van der Waals surface area contributed by atoms with Gasteiger partial charge in [0, 0.05) is 26.6 Å². The lowest BCUT2D eigenvalue weighted by Gasteiger charge is -2.14. The Morgan fingerprint density at radius 2 is 1.83 bits per heavy atom. The van der Waals surface area contributed by atoms with Gasteiger partial charge in [-0.25, -0.2) is 4.79 Å². The molecular formula is C17H24N2O5. The average molecular weight is 336 g/mol. The third kappa shape index (κ3) is 7.73. The van der Waals surface area contributed by atoms with Crippen LogP contribution < -0.4 is 10.6 Å². The predicted octanol–water partition coefficient (Wildman–Crippen LogP) is 0.650. The molecule has 1 atom stereocenters. The van der Waals surface area contributed by atoms with Crippen LogP contribution in [0.3, 0.4) is 0 Å². The maximum atomic E-state index is 11.8. The van der Waals surface area contributed by atoms with E-state index >= 15 is 0 Å². The normalized spacial score (nSPS) is 11.6. The van der Waals surface area contributed by atoms with E-state index in [9.17, 15) is 14.4 Å². The zero-order valence-corrected chi connectivity index (χ0v) is 14.0. The summed E-state index contributed by atoms with van der Waals surface area (Å²) >= 11 is 0. The number of carboxylic acids is 1. The van der Waals surface area contributed by atoms with E-state index in [-0.39, 0.29) is 31.9 Å². The maximum absolute atomic E-state index is 11.8. The largest absolute Gasteiger partial charge is 0.480 e. The molecule has 24 heavy (non-hydrogen) atoms. The highest BCUT2D eigenvalue weighted by Crippen LogP contribution is 2.05. The van der Waals surface area contributed by atoms with Crippen molar-refractivity contribution in [3.63, 3.8) is 0 Å². The van der Waals surface area contributed by atoms with E-state index in [4.69, 9.17) is 9.84 Å². The van der Waals surface area contributed by atoms with E-state index in [2.05, 4.69) is 10.6 Å². The van der Waals surface area contributed by atoms with Crippen molar-refractivity contribution in [3.8, 4) is 0 Å². The zero-order chi connectivity index (χ0) is 17.9. The lowest BCUT2D eigenvalue weighted by atomic mass is 10.1. The molecule has 1 unspecified atom stereocenters. The monoisotopic (exact) mass is 336 g/mol. The summed E-state index contributed by atoms with van der Waals surface area (Å²) in [6.07, 6.45) is 1.01. The summed E-state index contributed by atoms with van der Waals surface area (Å²) in [5.41, 5.74) is 2.20. The zero-order valence-electron chi connectivity index (χ0n) is 14.0. The van der Waals surface area contributed by atoms with E-state index in [0.717, 1.165) is 11.1 Å². The molecule has 0 saturated heterocycles. The fourth-order valence-corrected chi connectivity index (χ4v) is 2.02. The molecule has 2 amide bonds. The molecule has 1 aromatic rings. The van der Waals surface area contributed by atoms with E-state index in [1.807, 2.05) is 31.2 Å². The summed E-state index contributed by atoms with van der Waals surface area (Å²) in [4.78, 5) is 34.5. The standard InChI is InChI=1S/C17H24N2O5/c1-12-3-5-13(6-4-12)7-8-15(20)18-11-16(21)19-14(17(22)23)9-10-24-2/h3-6,14H,7-11H2,1-2H3,(H,18,20)(H,19,21)(H,22,23). The van der Waals surface area contributed by atoms with Crippen molar-refractivity contribution >= 4 is 17.8 Å². The van der Waals surface area contributed by atoms with Crippen LogP contribution in [0.15, 0.2) is 24.3 Å². The summed E-state index contributed by atoms with van der Waals surface area (Å²) in [5.74, 6) is -1.93. The van der Waals surface area contributed by atoms with Gasteiger partial charge in [0.15, 0.2) is 0 Å². The Hall–Kier alpha value is -2.41. The number of benzene rings is 1. The van der Waals surface area contributed by atoms with Crippen LogP contribution >= 0.6 is 0 Å². The van der Waals surface area contributed by atoms with E-state index in [1.165, 1.54) is 7.11 Å². The summed E-state index contributed by atoms with van der Waals surface area (Å²) in [6, 6.07) is 6.85. The van der Waals surface area contributed by atoms with Crippen molar-refractivity contribution in [1.82, 2.24) is 10.6 Å². The first-order valence-electron chi connectivity index (χ1n) is 7.75. The number of amides is 2. The fourth-order valence-electron chi connectivity index (χ4n) is 2.02. The van der Waals surface area contributed by atoms with Crippen molar-refractivity contribution in [2.24, 2.45) is 0 Å². The number of nitrogens with one attached hydrogen (secondary N) is 2. The molecule has 0 saturated carbocycles. The minimum atomic E-state index is -1.13. The molecule has 0 bridgehead atoms. The molecule has 0 aromatic heterocycles. The second-order valence-electron chi connectivity index (χ2n) is 5.50. The fraction of sp³-hybridized carbons (Fsp3) is 0.471. The molecule has 0 radical (unpaired) electrons. The highest BCUT2D eigenvalue weighted by Gasteiger charge is 2.19. The molecule has 1 aromatic carbocycles. The molecule has 1 rings (SSSR count). The summed E-state index contributed by atoms with van der Waals surface area (Å²) in [6.45, 7) is 1.97. The molecule has 3 N–H and O–H groups in total. The van der Waals surface area contributed by atoms with Gasteiger partial charge in [-0.2, -0.15) is 0 Å². The lowest BCUT2D eigenvalue weighted by Crippen LogP contribution is -2.46. The van der Waals surface area contributed by atoms with Gasteiger partial charge in [0.05, 0.1) is 6.54 Å². The van der Waals surface area contributed by atoms with Gasteiger partial charge in [-0.05, 0) is 18.9 Å². The summed E-state index contributed by atoms with van der Waals surface area (Å²) in [5, 5.41) is 13.8. The Balaban J connectivity index is 2.30. The van der Waals surface area contributed by atoms with Gasteiger partial charge < -0.3 is 20.5 Å². The van der Waals surface area contributed by atoms with E-state index in [1.54, 1.807) is 0 Å². The Kier molecular flexibility index (Phi) is 8.49. The number of aliphatic carboxylic acids is 1. The van der Waals surface area contributed by atoms with Crippen molar-refractivity contribution < 1.29 is 24.2 Å². The van der Waals surface area contributed by atoms with Crippen molar-refractivity contribution in [2.45, 2.75) is 32.2 Å². The van der Waals surface area contributed by atoms with Gasteiger partial charge in [-0.1, -0.05) is 29.8 Å². The number of carbonyl (C=O) groups is 3. The number of rotatable bonds is 10. The van der Waals surface area contributed by atoms with Gasteiger partial charge in [0.1, 0.15) is 6.04 Å². The van der Waals surface area contributed by atoms with Crippen LogP contribution in [-0.2, 0) is 25.5 Å². The Morgan fingerprint density at radius 3 is 2.42 bits per heavy atom. The number of hydrogen-bond donors (Lipinski definition) is 3. The first-order valence-corrected chi connectivity index (χ1v) is 7.75. The smallest absolute Gasteiger partial charge is 0.326 e. The molecule has 0 aliphatic rings. The SMILES string of the molecule is COCCC(NC(=O)CNC(=O)CCc1ccc(C)cc1)C(=O)O. The van der Waals surface area contributed by atoms with Crippen LogP contribution in [-0.4, -0.2) is 49.2 Å². The first-order chi connectivity index (χ1) is 11.4. The molecule has 132 valence electrons. The maximum Gasteiger partial charge on any atom is 0.326 e. The topological polar surface area (TPSA) is 105 Å². The number of carboxylic acid groups (broad SMARTS) is 1. The van der Waals surface area contributed by atoms with Crippen LogP contribution in [0.25, 0.3) is 0 Å². The third-order valence-electron chi connectivity index (χ3n) is 3.45. The molecule has 0 aliphatic heterocycles. The van der Waals surface area contributed by atoms with Crippen molar-refractivity contribution in [2.75, 3.05) is 20.3 Å². The van der Waals surface area contributed by atoms with Gasteiger partial charge in [-0.15, -0.1) is 0 Å². The number of carbonyl (C=O) groups excluding carboxylic acids is 2. The summed E-state index contributed by atoms with van der Waals surface area (Å²) < 4.78 is 4.80. The van der Waals surface area contributed by atoms with Gasteiger partial charge in [-0.3, -0.25) is 9.59 Å². The van der Waals surface area contributed by atoms with Crippen molar-refractivity contribution in [3.05, 3.63) is 35.4 Å². The number of ether oxygens (including phenoxy) is 1. The Morgan fingerprint density at radius 1 is 1.17 bits per heavy atom. The van der Waals surface area contributed by atoms with E-state index in [0.29, 0.717) is 6.42 Å². The second-order valence-corrected chi connectivity index (χ2v) is 5.50. The number of methoxy groups -OCH3 is 1. The van der Waals surface area contributed by atoms with Crippen LogP contribution in [0.1, 0.15) is 24.0 Å². The Bertz CT molecular complexity index is 557. The minimum Gasteiger partial charge on any atom is -0.480 e. The quantitative estimate of drug-likeness (QED) is 0.582. The molecule has 7 nitrogen and oxygen atoms in total. The van der Waals surface area contributed by atoms with Crippen molar-refractivity contribution in [1.29, 1.82) is 0 Å². The van der Waals surface area contributed by atoms with Crippen LogP contribution in [0, 0.1) is 6.92 Å². The Labute approximate surface area is 141 Å². The van der Waals surface area contributed by atoms with Crippen LogP contribution in [0.2, 0.25) is 0 Å². The number of hydrogen-bond acceptors (Lipinski definition) is 4. The van der Waals surface area contributed by atoms with Gasteiger partial charge in [0.2, 0.25) is 11.8 Å².